The summed E-state index contributed by atoms with van der Waals surface area (Å²) < 4.78 is 14.2. The van der Waals surface area contributed by atoms with Crippen molar-refractivity contribution in [3.05, 3.63) is 56.8 Å². The smallest absolute Gasteiger partial charge is 0.343 e. The molecule has 0 aliphatic heterocycles. The van der Waals surface area contributed by atoms with E-state index in [0.29, 0.717) is 11.4 Å². The number of aromatic nitrogens is 2. The van der Waals surface area contributed by atoms with Crippen molar-refractivity contribution in [2.45, 2.75) is 6.54 Å². The van der Waals surface area contributed by atoms with Gasteiger partial charge in [0.05, 0.1) is 13.1 Å². The largest absolute Gasteiger partial charge is 0.358 e. The van der Waals surface area contributed by atoms with Crippen LogP contribution in [-0.4, -0.2) is 21.0 Å². The molecule has 0 amide bonds. The summed E-state index contributed by atoms with van der Waals surface area (Å²) in [6.45, 7) is 0.176. The van der Waals surface area contributed by atoms with E-state index in [1.165, 1.54) is 28.8 Å². The quantitative estimate of drug-likeness (QED) is 0.275. The molecule has 0 atom stereocenters. The fourth-order valence-corrected chi connectivity index (χ4v) is 1.75. The maximum absolute atomic E-state index is 12.9. The second-order valence-electron chi connectivity index (χ2n) is 3.81. The van der Waals surface area contributed by atoms with Crippen molar-refractivity contribution in [3.8, 4) is 11.4 Å². The molecule has 8 nitrogen and oxygen atoms in total. The molecule has 1 aromatic carbocycles. The maximum atomic E-state index is 12.9. The van der Waals surface area contributed by atoms with Crippen molar-refractivity contribution in [3.63, 3.8) is 0 Å². The van der Waals surface area contributed by atoms with Gasteiger partial charge in [0.2, 0.25) is 5.82 Å². The second-order valence-corrected chi connectivity index (χ2v) is 3.81. The van der Waals surface area contributed by atoms with Crippen LogP contribution in [0.25, 0.3) is 21.8 Å². The lowest BCUT2D eigenvalue weighted by Crippen LogP contribution is -2.07. The van der Waals surface area contributed by atoms with Crippen molar-refractivity contribution >= 4 is 5.82 Å². The Labute approximate surface area is 112 Å². The molecule has 20 heavy (non-hydrogen) atoms. The minimum Gasteiger partial charge on any atom is -0.358 e. The molecule has 0 saturated heterocycles. The number of rotatable bonds is 5. The third-order valence-electron chi connectivity index (χ3n) is 2.61. The molecule has 0 N–H and O–H groups in total. The Morgan fingerprint density at radius 3 is 2.75 bits per heavy atom. The van der Waals surface area contributed by atoms with Crippen molar-refractivity contribution < 1.29 is 9.31 Å². The molecule has 0 unspecified atom stereocenters. The van der Waals surface area contributed by atoms with E-state index >= 15 is 0 Å². The van der Waals surface area contributed by atoms with Gasteiger partial charge in [-0.15, -0.1) is 0 Å². The molecule has 0 bridgehead atoms. The van der Waals surface area contributed by atoms with Gasteiger partial charge >= 0.3 is 5.82 Å². The van der Waals surface area contributed by atoms with E-state index in [1.54, 1.807) is 0 Å². The number of nitrogens with zero attached hydrogens (tertiary/aromatic N) is 6. The summed E-state index contributed by atoms with van der Waals surface area (Å²) in [7, 11) is 0. The van der Waals surface area contributed by atoms with Gasteiger partial charge in [-0.2, -0.15) is 0 Å². The third kappa shape index (κ3) is 2.73. The molecule has 0 saturated carbocycles. The Morgan fingerprint density at radius 2 is 2.15 bits per heavy atom. The van der Waals surface area contributed by atoms with Crippen LogP contribution in [0.15, 0.2) is 35.6 Å². The zero-order chi connectivity index (χ0) is 14.5. The van der Waals surface area contributed by atoms with Crippen LogP contribution < -0.4 is 0 Å². The molecule has 2 aromatic rings. The minimum absolute atomic E-state index is 0.0574. The Kier molecular flexibility index (Phi) is 3.92. The standard InChI is InChI=1S/C11H9FN6O2/c12-9-3-1-8(2-4-9)11-14-7-10(18(19)20)17(11)6-5-15-16-13/h1-4,7H,5-6H2. The first-order valence-electron chi connectivity index (χ1n) is 5.60. The van der Waals surface area contributed by atoms with E-state index < -0.39 is 10.7 Å². The van der Waals surface area contributed by atoms with Crippen LogP contribution in [0.5, 0.6) is 0 Å². The molecule has 102 valence electrons. The summed E-state index contributed by atoms with van der Waals surface area (Å²) in [5, 5.41) is 14.3. The fourth-order valence-electron chi connectivity index (χ4n) is 1.75. The van der Waals surface area contributed by atoms with Gasteiger partial charge in [0.15, 0.2) is 0 Å². The van der Waals surface area contributed by atoms with Crippen LogP contribution in [-0.2, 0) is 6.54 Å². The topological polar surface area (TPSA) is 110 Å². The van der Waals surface area contributed by atoms with Gasteiger partial charge in [-0.25, -0.2) is 13.9 Å². The molecule has 1 heterocycles. The number of nitro groups is 1. The number of hydrogen-bond acceptors (Lipinski definition) is 4. The molecule has 9 heteroatoms. The number of benzene rings is 1. The van der Waals surface area contributed by atoms with E-state index in [2.05, 4.69) is 15.0 Å². The summed E-state index contributed by atoms with van der Waals surface area (Å²) in [4.78, 5) is 16.9. The van der Waals surface area contributed by atoms with Gasteiger partial charge in [0, 0.05) is 10.5 Å². The lowest BCUT2D eigenvalue weighted by molar-refractivity contribution is -0.392. The molecule has 0 spiro atoms. The van der Waals surface area contributed by atoms with E-state index in [-0.39, 0.29) is 18.9 Å². The zero-order valence-electron chi connectivity index (χ0n) is 10.2. The van der Waals surface area contributed by atoms with E-state index in [4.69, 9.17) is 5.53 Å². The highest BCUT2D eigenvalue weighted by Gasteiger charge is 2.20. The van der Waals surface area contributed by atoms with Crippen LogP contribution in [0.4, 0.5) is 10.2 Å². The summed E-state index contributed by atoms with van der Waals surface area (Å²) in [5.74, 6) is -0.294. The predicted octanol–water partition coefficient (Wildman–Crippen LogP) is 2.91. The summed E-state index contributed by atoms with van der Waals surface area (Å²) in [6, 6.07) is 5.44. The summed E-state index contributed by atoms with van der Waals surface area (Å²) in [5.41, 5.74) is 8.79. The van der Waals surface area contributed by atoms with Crippen LogP contribution >= 0.6 is 0 Å². The van der Waals surface area contributed by atoms with E-state index in [1.807, 2.05) is 0 Å². The zero-order valence-corrected chi connectivity index (χ0v) is 10.2. The monoisotopic (exact) mass is 276 g/mol. The third-order valence-corrected chi connectivity index (χ3v) is 2.61. The highest BCUT2D eigenvalue weighted by Crippen LogP contribution is 2.24. The number of halogens is 1. The van der Waals surface area contributed by atoms with Crippen LogP contribution in [0.3, 0.4) is 0 Å². The SMILES string of the molecule is [N-]=[N+]=NCCn1c([N+](=O)[O-])cnc1-c1ccc(F)cc1. The minimum atomic E-state index is -0.573. The van der Waals surface area contributed by atoms with Gasteiger partial charge < -0.3 is 10.1 Å². The van der Waals surface area contributed by atoms with Gasteiger partial charge in [-0.05, 0) is 34.7 Å². The van der Waals surface area contributed by atoms with Gasteiger partial charge in [0.25, 0.3) is 0 Å². The molecule has 2 rings (SSSR count). The first kappa shape index (κ1) is 13.5. The van der Waals surface area contributed by atoms with Crippen LogP contribution in [0.1, 0.15) is 0 Å². The first-order chi connectivity index (χ1) is 9.63. The average Bonchev–Trinajstić information content (AvgIpc) is 2.84. The van der Waals surface area contributed by atoms with Crippen LogP contribution in [0.2, 0.25) is 0 Å². The summed E-state index contributed by atoms with van der Waals surface area (Å²) >= 11 is 0. The van der Waals surface area contributed by atoms with Crippen molar-refractivity contribution in [1.29, 1.82) is 0 Å². The lowest BCUT2D eigenvalue weighted by Gasteiger charge is -2.03. The number of imidazole rings is 1. The molecule has 1 aromatic heterocycles. The highest BCUT2D eigenvalue weighted by atomic mass is 19.1. The Morgan fingerprint density at radius 1 is 1.45 bits per heavy atom. The van der Waals surface area contributed by atoms with Gasteiger partial charge in [-0.1, -0.05) is 5.11 Å². The molecule has 0 aliphatic rings. The molecule has 0 radical (unpaired) electrons. The molecular weight excluding hydrogens is 267 g/mol. The Hall–Kier alpha value is -2.93. The van der Waals surface area contributed by atoms with Gasteiger partial charge in [0.1, 0.15) is 12.0 Å². The Balaban J connectivity index is 2.44. The first-order valence-corrected chi connectivity index (χ1v) is 5.60. The molecule has 0 aliphatic carbocycles. The highest BCUT2D eigenvalue weighted by molar-refractivity contribution is 5.57. The molecule has 0 fully saturated rings. The maximum Gasteiger partial charge on any atom is 0.343 e. The van der Waals surface area contributed by atoms with Crippen molar-refractivity contribution in [2.75, 3.05) is 6.54 Å². The van der Waals surface area contributed by atoms with Crippen molar-refractivity contribution in [2.24, 2.45) is 5.11 Å². The normalized spacial score (nSPS) is 10.1. The van der Waals surface area contributed by atoms with Crippen LogP contribution in [0, 0.1) is 15.9 Å². The molecular formula is C11H9FN6O2. The second kappa shape index (κ2) is 5.81. The van der Waals surface area contributed by atoms with Crippen molar-refractivity contribution in [1.82, 2.24) is 9.55 Å². The van der Waals surface area contributed by atoms with E-state index in [9.17, 15) is 14.5 Å². The van der Waals surface area contributed by atoms with E-state index in [0.717, 1.165) is 6.20 Å². The average molecular weight is 276 g/mol. The lowest BCUT2D eigenvalue weighted by atomic mass is 10.2. The Bertz CT molecular complexity index is 675. The fraction of sp³-hybridized carbons (Fsp3) is 0.182. The van der Waals surface area contributed by atoms with Gasteiger partial charge in [-0.3, -0.25) is 0 Å². The summed E-state index contributed by atoms with van der Waals surface area (Å²) in [6.07, 6.45) is 1.12. The number of hydrogen-bond donors (Lipinski definition) is 0. The predicted molar refractivity (Wildman–Crippen MR) is 68.3 cm³/mol. The number of azide groups is 1.